The molecule has 0 atom stereocenters. The Hall–Kier alpha value is -4.00. The van der Waals surface area contributed by atoms with Gasteiger partial charge in [0, 0.05) is 17.6 Å². The Morgan fingerprint density at radius 2 is 1.93 bits per heavy atom. The van der Waals surface area contributed by atoms with Crippen LogP contribution in [0.4, 0.5) is 11.4 Å². The van der Waals surface area contributed by atoms with Gasteiger partial charge in [0.15, 0.2) is 5.65 Å². The van der Waals surface area contributed by atoms with Crippen LogP contribution in [-0.4, -0.2) is 26.4 Å². The maximum absolute atomic E-state index is 12.4. The van der Waals surface area contributed by atoms with Crippen molar-refractivity contribution in [2.45, 2.75) is 12.8 Å². The van der Waals surface area contributed by atoms with Crippen molar-refractivity contribution in [1.29, 1.82) is 0 Å². The summed E-state index contributed by atoms with van der Waals surface area (Å²) in [6.45, 7) is 0. The summed E-state index contributed by atoms with van der Waals surface area (Å²) in [6, 6.07) is 17.3. The number of carbonyl (C=O) groups excluding carboxylic acids is 2. The number of nitrogens with zero attached hydrogens (tertiary/aromatic N) is 3. The number of rotatable bonds is 4. The summed E-state index contributed by atoms with van der Waals surface area (Å²) < 4.78 is 1.71. The quantitative estimate of drug-likeness (QED) is 0.567. The zero-order valence-corrected chi connectivity index (χ0v) is 15.4. The molecule has 0 saturated heterocycles. The van der Waals surface area contributed by atoms with Gasteiger partial charge in [0.2, 0.25) is 11.8 Å². The summed E-state index contributed by atoms with van der Waals surface area (Å²) in [7, 11) is 0. The largest absolute Gasteiger partial charge is 0.326 e. The molecule has 1 aliphatic heterocycles. The highest BCUT2D eigenvalue weighted by Crippen LogP contribution is 2.26. The summed E-state index contributed by atoms with van der Waals surface area (Å²) in [4.78, 5) is 28.1. The number of pyridine rings is 1. The van der Waals surface area contributed by atoms with Gasteiger partial charge in [-0.15, -0.1) is 0 Å². The van der Waals surface area contributed by atoms with E-state index < -0.39 is 0 Å². The van der Waals surface area contributed by atoms with Gasteiger partial charge < -0.3 is 10.6 Å². The Morgan fingerprint density at radius 1 is 1.07 bits per heavy atom. The van der Waals surface area contributed by atoms with Gasteiger partial charge in [0.1, 0.15) is 6.33 Å². The number of benzene rings is 2. The highest BCUT2D eigenvalue weighted by atomic mass is 16.2. The van der Waals surface area contributed by atoms with Gasteiger partial charge in [-0.05, 0) is 46.5 Å². The lowest BCUT2D eigenvalue weighted by Crippen LogP contribution is -2.14. The summed E-state index contributed by atoms with van der Waals surface area (Å²) in [5.41, 5.74) is 6.19. The first-order valence-electron chi connectivity index (χ1n) is 9.25. The molecule has 4 aromatic rings. The fourth-order valence-corrected chi connectivity index (χ4v) is 3.49. The van der Waals surface area contributed by atoms with Crippen molar-refractivity contribution in [3.05, 3.63) is 78.2 Å². The molecule has 0 saturated carbocycles. The van der Waals surface area contributed by atoms with Gasteiger partial charge in [-0.25, -0.2) is 9.50 Å². The molecule has 0 unspecified atom stereocenters. The van der Waals surface area contributed by atoms with Gasteiger partial charge in [-0.3, -0.25) is 9.59 Å². The van der Waals surface area contributed by atoms with Gasteiger partial charge in [-0.1, -0.05) is 30.3 Å². The van der Waals surface area contributed by atoms with E-state index in [0.717, 1.165) is 33.6 Å². The van der Waals surface area contributed by atoms with Crippen molar-refractivity contribution in [3.63, 3.8) is 0 Å². The highest BCUT2D eigenvalue weighted by Gasteiger charge is 2.17. The van der Waals surface area contributed by atoms with Crippen LogP contribution in [0.5, 0.6) is 0 Å². The first kappa shape index (κ1) is 17.1. The molecule has 0 bridgehead atoms. The Bertz CT molecular complexity index is 1240. The minimum atomic E-state index is -0.105. The van der Waals surface area contributed by atoms with Crippen LogP contribution in [0.3, 0.4) is 0 Å². The van der Waals surface area contributed by atoms with Crippen molar-refractivity contribution in [1.82, 2.24) is 14.6 Å². The predicted molar refractivity (Wildman–Crippen MR) is 110 cm³/mol. The van der Waals surface area contributed by atoms with Crippen molar-refractivity contribution in [2.75, 3.05) is 10.6 Å². The molecule has 2 aromatic heterocycles. The number of anilines is 2. The standard InChI is InChI=1S/C22H17N5O2/c28-21(25-18-6-5-17-11-22(29)26-19(17)12-18)9-14-1-3-15(4-2-14)16-7-8-27-20(10-16)23-13-24-27/h1-8,10,12-13H,9,11H2,(H,25,28)(H,26,29). The summed E-state index contributed by atoms with van der Waals surface area (Å²) in [6.07, 6.45) is 4.06. The molecule has 2 amide bonds. The topological polar surface area (TPSA) is 88.4 Å². The molecule has 2 aromatic carbocycles. The molecule has 2 N–H and O–H groups in total. The second-order valence-electron chi connectivity index (χ2n) is 7.00. The van der Waals surface area contributed by atoms with Crippen LogP contribution < -0.4 is 10.6 Å². The lowest BCUT2D eigenvalue weighted by molar-refractivity contribution is -0.116. The number of hydrogen-bond acceptors (Lipinski definition) is 4. The van der Waals surface area contributed by atoms with Crippen LogP contribution in [-0.2, 0) is 22.4 Å². The summed E-state index contributed by atoms with van der Waals surface area (Å²) in [5.74, 6) is -0.126. The molecular formula is C22H17N5O2. The molecule has 7 nitrogen and oxygen atoms in total. The van der Waals surface area contributed by atoms with E-state index in [9.17, 15) is 9.59 Å². The third-order valence-corrected chi connectivity index (χ3v) is 4.95. The van der Waals surface area contributed by atoms with Crippen molar-refractivity contribution in [3.8, 4) is 11.1 Å². The van der Waals surface area contributed by atoms with Crippen LogP contribution in [0.25, 0.3) is 16.8 Å². The molecule has 142 valence electrons. The number of amides is 2. The molecule has 3 heterocycles. The van der Waals surface area contributed by atoms with Gasteiger partial charge in [-0.2, -0.15) is 5.10 Å². The first-order chi connectivity index (χ1) is 14.1. The predicted octanol–water partition coefficient (Wildman–Crippen LogP) is 3.07. The lowest BCUT2D eigenvalue weighted by atomic mass is 10.0. The fraction of sp³-hybridized carbons (Fsp3) is 0.0909. The SMILES string of the molecule is O=C(Cc1ccc(-c2ccn3ncnc3c2)cc1)Nc1ccc2c(c1)NC(=O)C2. The molecule has 29 heavy (non-hydrogen) atoms. The fourth-order valence-electron chi connectivity index (χ4n) is 3.49. The summed E-state index contributed by atoms with van der Waals surface area (Å²) in [5, 5.41) is 9.78. The van der Waals surface area contributed by atoms with Crippen LogP contribution >= 0.6 is 0 Å². The van der Waals surface area contributed by atoms with E-state index in [1.54, 1.807) is 10.6 Å². The van der Waals surface area contributed by atoms with E-state index in [1.165, 1.54) is 6.33 Å². The number of carbonyl (C=O) groups is 2. The van der Waals surface area contributed by atoms with E-state index in [4.69, 9.17) is 0 Å². The Balaban J connectivity index is 1.26. The molecule has 1 aliphatic rings. The van der Waals surface area contributed by atoms with E-state index in [1.807, 2.05) is 54.7 Å². The normalized spacial score (nSPS) is 12.6. The van der Waals surface area contributed by atoms with Crippen LogP contribution in [0.15, 0.2) is 67.1 Å². The van der Waals surface area contributed by atoms with Crippen LogP contribution in [0, 0.1) is 0 Å². The minimum absolute atomic E-state index is 0.0215. The Morgan fingerprint density at radius 3 is 2.79 bits per heavy atom. The Kier molecular flexibility index (Phi) is 4.05. The number of aromatic nitrogens is 3. The maximum Gasteiger partial charge on any atom is 0.228 e. The van der Waals surface area contributed by atoms with Crippen molar-refractivity contribution < 1.29 is 9.59 Å². The second kappa shape index (κ2) is 6.87. The number of hydrogen-bond donors (Lipinski definition) is 2. The molecular weight excluding hydrogens is 366 g/mol. The molecule has 7 heteroatoms. The number of fused-ring (bicyclic) bond motifs is 2. The smallest absolute Gasteiger partial charge is 0.228 e. The van der Waals surface area contributed by atoms with Gasteiger partial charge in [0.25, 0.3) is 0 Å². The molecule has 0 radical (unpaired) electrons. The van der Waals surface area contributed by atoms with Crippen LogP contribution in [0.2, 0.25) is 0 Å². The maximum atomic E-state index is 12.4. The number of nitrogens with one attached hydrogen (secondary N) is 2. The second-order valence-corrected chi connectivity index (χ2v) is 7.00. The molecule has 0 spiro atoms. The van der Waals surface area contributed by atoms with Gasteiger partial charge in [0.05, 0.1) is 12.8 Å². The molecule has 0 fully saturated rings. The van der Waals surface area contributed by atoms with E-state index >= 15 is 0 Å². The molecule has 0 aliphatic carbocycles. The van der Waals surface area contributed by atoms with E-state index in [0.29, 0.717) is 12.1 Å². The minimum Gasteiger partial charge on any atom is -0.326 e. The highest BCUT2D eigenvalue weighted by molar-refractivity contribution is 6.01. The Labute approximate surface area is 166 Å². The van der Waals surface area contributed by atoms with Gasteiger partial charge >= 0.3 is 0 Å². The first-order valence-corrected chi connectivity index (χ1v) is 9.25. The third-order valence-electron chi connectivity index (χ3n) is 4.95. The van der Waals surface area contributed by atoms with Crippen molar-refractivity contribution >= 4 is 28.8 Å². The van der Waals surface area contributed by atoms with Crippen LogP contribution in [0.1, 0.15) is 11.1 Å². The average molecular weight is 383 g/mol. The zero-order chi connectivity index (χ0) is 19.8. The van der Waals surface area contributed by atoms with Crippen molar-refractivity contribution in [2.24, 2.45) is 0 Å². The zero-order valence-electron chi connectivity index (χ0n) is 15.4. The monoisotopic (exact) mass is 383 g/mol. The molecule has 5 rings (SSSR count). The van der Waals surface area contributed by atoms with E-state index in [-0.39, 0.29) is 18.2 Å². The third kappa shape index (κ3) is 3.45. The van der Waals surface area contributed by atoms with E-state index in [2.05, 4.69) is 20.7 Å². The average Bonchev–Trinajstić information content (AvgIpc) is 3.32. The summed E-state index contributed by atoms with van der Waals surface area (Å²) >= 11 is 0. The lowest BCUT2D eigenvalue weighted by Gasteiger charge is -2.08.